The first kappa shape index (κ1) is 12.5. The minimum atomic E-state index is -0.185. The van der Waals surface area contributed by atoms with E-state index >= 15 is 0 Å². The van der Waals surface area contributed by atoms with Gasteiger partial charge in [0.25, 0.3) is 0 Å². The largest absolute Gasteiger partial charge is 0.430 e. The highest BCUT2D eigenvalue weighted by molar-refractivity contribution is 5.68. The molecule has 2 atom stereocenters. The lowest BCUT2D eigenvalue weighted by Gasteiger charge is -2.23. The number of likely N-dealkylation sites (tertiary alicyclic amines) is 1. The van der Waals surface area contributed by atoms with E-state index in [1.54, 1.807) is 0 Å². The van der Waals surface area contributed by atoms with Crippen LogP contribution in [-0.2, 0) is 4.74 Å². The van der Waals surface area contributed by atoms with Gasteiger partial charge < -0.3 is 9.64 Å². The number of carbonyl (C=O) groups is 1. The lowest BCUT2D eigenvalue weighted by Crippen LogP contribution is -2.37. The molecule has 0 unspecified atom stereocenters. The third kappa shape index (κ3) is 2.73. The Bertz CT molecular complexity index is 429. The average molecular weight is 260 g/mol. The van der Waals surface area contributed by atoms with Crippen LogP contribution in [0.5, 0.6) is 0 Å². The quantitative estimate of drug-likeness (QED) is 0.887. The lowest BCUT2D eigenvalue weighted by molar-refractivity contribution is 0.0539. The topological polar surface area (TPSA) is 41.6 Å². The van der Waals surface area contributed by atoms with Crippen LogP contribution in [-0.4, -0.2) is 36.9 Å². The van der Waals surface area contributed by atoms with Gasteiger partial charge in [0.2, 0.25) is 0 Å². The number of carbonyl (C=O) groups excluding carboxylic acids is 1. The van der Waals surface area contributed by atoms with Crippen LogP contribution in [0, 0.1) is 0 Å². The summed E-state index contributed by atoms with van der Waals surface area (Å²) in [7, 11) is 0. The van der Waals surface area contributed by atoms with Gasteiger partial charge in [0.05, 0.1) is 0 Å². The maximum atomic E-state index is 12.0. The molecule has 1 aromatic rings. The van der Waals surface area contributed by atoms with Crippen LogP contribution in [0.4, 0.5) is 4.79 Å². The second-order valence-electron chi connectivity index (χ2n) is 5.26. The molecule has 0 spiro atoms. The predicted molar refractivity (Wildman–Crippen MR) is 72.9 cm³/mol. The van der Waals surface area contributed by atoms with E-state index in [0.717, 1.165) is 38.9 Å². The molecular weight excluding hydrogens is 240 g/mol. The predicted octanol–water partition coefficient (Wildman–Crippen LogP) is 2.32. The Hall–Kier alpha value is -1.55. The minimum Gasteiger partial charge on any atom is -0.430 e. The molecule has 19 heavy (non-hydrogen) atoms. The molecular formula is C15H20N2O2. The van der Waals surface area contributed by atoms with Crippen molar-refractivity contribution in [2.45, 2.75) is 31.4 Å². The smallest absolute Gasteiger partial charge is 0.411 e. The zero-order chi connectivity index (χ0) is 13.1. The summed E-state index contributed by atoms with van der Waals surface area (Å²) in [6.07, 6.45) is 2.85. The molecule has 102 valence electrons. The number of amides is 1. The molecule has 1 aromatic carbocycles. The van der Waals surface area contributed by atoms with Crippen molar-refractivity contribution in [2.75, 3.05) is 19.6 Å². The monoisotopic (exact) mass is 260 g/mol. The maximum absolute atomic E-state index is 12.0. The van der Waals surface area contributed by atoms with Gasteiger partial charge >= 0.3 is 6.09 Å². The van der Waals surface area contributed by atoms with Crippen LogP contribution in [0.25, 0.3) is 0 Å². The number of hydrogen-bond donors (Lipinski definition) is 1. The van der Waals surface area contributed by atoms with E-state index in [1.807, 2.05) is 23.1 Å². The van der Waals surface area contributed by atoms with E-state index in [1.165, 1.54) is 5.56 Å². The summed E-state index contributed by atoms with van der Waals surface area (Å²) in [5, 5.41) is 3.29. The molecule has 0 saturated carbocycles. The number of nitrogens with one attached hydrogen (secondary N) is 1. The van der Waals surface area contributed by atoms with Gasteiger partial charge in [-0.05, 0) is 31.4 Å². The summed E-state index contributed by atoms with van der Waals surface area (Å²) in [5.74, 6) is 0.271. The number of rotatable bonds is 2. The summed E-state index contributed by atoms with van der Waals surface area (Å²) in [6.45, 7) is 2.57. The van der Waals surface area contributed by atoms with Crippen LogP contribution >= 0.6 is 0 Å². The molecule has 1 amide bonds. The van der Waals surface area contributed by atoms with Crippen molar-refractivity contribution in [1.82, 2.24) is 10.2 Å². The molecule has 2 saturated heterocycles. The maximum Gasteiger partial charge on any atom is 0.411 e. The fraction of sp³-hybridized carbons (Fsp3) is 0.533. The number of ether oxygens (including phenoxy) is 1. The van der Waals surface area contributed by atoms with Crippen LogP contribution in [0.1, 0.15) is 30.7 Å². The molecule has 2 aliphatic heterocycles. The Morgan fingerprint density at radius 2 is 1.95 bits per heavy atom. The molecule has 2 aliphatic rings. The Labute approximate surface area is 113 Å². The highest BCUT2D eigenvalue weighted by atomic mass is 16.6. The fourth-order valence-corrected chi connectivity index (χ4v) is 2.92. The van der Waals surface area contributed by atoms with Crippen LogP contribution in [0.3, 0.4) is 0 Å². The molecule has 1 N–H and O–H groups in total. The first-order valence-electron chi connectivity index (χ1n) is 7.08. The average Bonchev–Trinajstić information content (AvgIpc) is 3.11. The summed E-state index contributed by atoms with van der Waals surface area (Å²) < 4.78 is 5.64. The highest BCUT2D eigenvalue weighted by Gasteiger charge is 2.32. The number of benzene rings is 1. The third-order valence-corrected chi connectivity index (χ3v) is 3.99. The summed E-state index contributed by atoms with van der Waals surface area (Å²) in [4.78, 5) is 13.8. The molecule has 0 aliphatic carbocycles. The van der Waals surface area contributed by atoms with Crippen LogP contribution < -0.4 is 5.32 Å². The normalized spacial score (nSPS) is 26.6. The Morgan fingerprint density at radius 3 is 2.68 bits per heavy atom. The van der Waals surface area contributed by atoms with E-state index in [4.69, 9.17) is 4.74 Å². The molecule has 0 bridgehead atoms. The standard InChI is InChI=1S/C15H20N2O2/c18-15(17-10-4-5-11-17)19-14-13(8-9-16-14)12-6-2-1-3-7-12/h1-3,6-7,13-14,16H,4-5,8-11H2/t13-,14+/m1/s1. The summed E-state index contributed by atoms with van der Waals surface area (Å²) >= 11 is 0. The van der Waals surface area contributed by atoms with E-state index in [2.05, 4.69) is 17.4 Å². The lowest BCUT2D eigenvalue weighted by atomic mass is 9.97. The van der Waals surface area contributed by atoms with Gasteiger partial charge in [-0.15, -0.1) is 0 Å². The van der Waals surface area contributed by atoms with Gasteiger partial charge in [0.1, 0.15) is 0 Å². The van der Waals surface area contributed by atoms with Gasteiger partial charge in [-0.2, -0.15) is 0 Å². The Morgan fingerprint density at radius 1 is 1.21 bits per heavy atom. The van der Waals surface area contributed by atoms with E-state index in [9.17, 15) is 4.79 Å². The molecule has 4 nitrogen and oxygen atoms in total. The van der Waals surface area contributed by atoms with E-state index in [0.29, 0.717) is 0 Å². The summed E-state index contributed by atoms with van der Waals surface area (Å²) in [6, 6.07) is 10.3. The Kier molecular flexibility index (Phi) is 3.69. The molecule has 4 heteroatoms. The zero-order valence-corrected chi connectivity index (χ0v) is 11.0. The SMILES string of the molecule is O=C(O[C@@H]1NCC[C@@H]1c1ccccc1)N1CCCC1. The Balaban J connectivity index is 1.65. The zero-order valence-electron chi connectivity index (χ0n) is 11.0. The fourth-order valence-electron chi connectivity index (χ4n) is 2.92. The van der Waals surface area contributed by atoms with Crippen molar-refractivity contribution in [1.29, 1.82) is 0 Å². The van der Waals surface area contributed by atoms with Gasteiger partial charge in [0.15, 0.2) is 6.23 Å². The second kappa shape index (κ2) is 5.61. The molecule has 2 heterocycles. The minimum absolute atomic E-state index is 0.169. The molecule has 2 fully saturated rings. The van der Waals surface area contributed by atoms with Gasteiger partial charge in [-0.3, -0.25) is 5.32 Å². The second-order valence-corrected chi connectivity index (χ2v) is 5.26. The van der Waals surface area contributed by atoms with Crippen molar-refractivity contribution in [3.05, 3.63) is 35.9 Å². The van der Waals surface area contributed by atoms with Gasteiger partial charge in [-0.25, -0.2) is 4.79 Å². The van der Waals surface area contributed by atoms with Crippen molar-refractivity contribution in [3.63, 3.8) is 0 Å². The van der Waals surface area contributed by atoms with E-state index < -0.39 is 0 Å². The highest BCUT2D eigenvalue weighted by Crippen LogP contribution is 2.28. The summed E-state index contributed by atoms with van der Waals surface area (Å²) in [5.41, 5.74) is 1.24. The first-order valence-corrected chi connectivity index (χ1v) is 7.08. The van der Waals surface area contributed by atoms with Gasteiger partial charge in [0, 0.05) is 19.0 Å². The van der Waals surface area contributed by atoms with Crippen LogP contribution in [0.2, 0.25) is 0 Å². The molecule has 0 radical (unpaired) electrons. The third-order valence-electron chi connectivity index (χ3n) is 3.99. The van der Waals surface area contributed by atoms with E-state index in [-0.39, 0.29) is 18.2 Å². The number of hydrogen-bond acceptors (Lipinski definition) is 3. The number of nitrogens with zero attached hydrogens (tertiary/aromatic N) is 1. The van der Waals surface area contributed by atoms with Crippen LogP contribution in [0.15, 0.2) is 30.3 Å². The van der Waals surface area contributed by atoms with Gasteiger partial charge in [-0.1, -0.05) is 30.3 Å². The molecule has 0 aromatic heterocycles. The first-order chi connectivity index (χ1) is 9.34. The van der Waals surface area contributed by atoms with Crippen molar-refractivity contribution >= 4 is 6.09 Å². The van der Waals surface area contributed by atoms with Crippen molar-refractivity contribution < 1.29 is 9.53 Å². The van der Waals surface area contributed by atoms with Crippen molar-refractivity contribution in [2.24, 2.45) is 0 Å². The van der Waals surface area contributed by atoms with Crippen molar-refractivity contribution in [3.8, 4) is 0 Å². The molecule has 3 rings (SSSR count).